The van der Waals surface area contributed by atoms with Crippen molar-refractivity contribution in [3.63, 3.8) is 0 Å². The molecule has 0 aliphatic carbocycles. The van der Waals surface area contributed by atoms with Crippen molar-refractivity contribution >= 4 is 11.8 Å². The number of methoxy groups -OCH3 is 1. The molecule has 0 unspecified atom stereocenters. The summed E-state index contributed by atoms with van der Waals surface area (Å²) in [5.74, 6) is -0.0881. The summed E-state index contributed by atoms with van der Waals surface area (Å²) in [5.41, 5.74) is 0.490. The molecule has 2 amide bonds. The number of ether oxygens (including phenoxy) is 2. The van der Waals surface area contributed by atoms with Crippen LogP contribution in [0.2, 0.25) is 0 Å². The first kappa shape index (κ1) is 22.9. The number of morpholine rings is 1. The summed E-state index contributed by atoms with van der Waals surface area (Å²) < 4.78 is 25.0. The fourth-order valence-corrected chi connectivity index (χ4v) is 4.89. The summed E-state index contributed by atoms with van der Waals surface area (Å²) >= 11 is 0. The minimum Gasteiger partial charge on any atom is -0.497 e. The van der Waals surface area contributed by atoms with Gasteiger partial charge in [-0.15, -0.1) is 0 Å². The van der Waals surface area contributed by atoms with Crippen molar-refractivity contribution < 1.29 is 23.5 Å². The number of rotatable bonds is 6. The van der Waals surface area contributed by atoms with Crippen LogP contribution in [0, 0.1) is 5.82 Å². The van der Waals surface area contributed by atoms with Gasteiger partial charge in [-0.3, -0.25) is 19.4 Å². The molecule has 1 N–H and O–H groups in total. The summed E-state index contributed by atoms with van der Waals surface area (Å²) in [7, 11) is 1.49. The van der Waals surface area contributed by atoms with Gasteiger partial charge in [-0.2, -0.15) is 0 Å². The van der Waals surface area contributed by atoms with Crippen LogP contribution in [0.1, 0.15) is 24.8 Å². The number of carbonyl (C=O) groups is 2. The van der Waals surface area contributed by atoms with Crippen LogP contribution >= 0.6 is 0 Å². The second kappa shape index (κ2) is 10.6. The standard InChI is InChI=1S/C23H33FN4O4/c1-31-19-3-2-17(20(24)14-19)16-28-9-6-25-23(30)21(28)15-22(29)27-7-4-18(5-8-27)26-10-12-32-13-11-26/h2-3,14,18,21H,4-13,15-16H2,1H3,(H,25,30)/t21-/m0/s1. The minimum absolute atomic E-state index is 0.00678. The Kier molecular flexibility index (Phi) is 7.59. The average molecular weight is 449 g/mol. The van der Waals surface area contributed by atoms with Gasteiger partial charge in [-0.25, -0.2) is 4.39 Å². The van der Waals surface area contributed by atoms with E-state index in [2.05, 4.69) is 10.2 Å². The van der Waals surface area contributed by atoms with Gasteiger partial charge in [0.1, 0.15) is 11.6 Å². The van der Waals surface area contributed by atoms with Crippen molar-refractivity contribution in [2.45, 2.75) is 37.9 Å². The maximum absolute atomic E-state index is 14.5. The summed E-state index contributed by atoms with van der Waals surface area (Å²) in [6.07, 6.45) is 2.01. The van der Waals surface area contributed by atoms with Crippen LogP contribution in [0.5, 0.6) is 5.75 Å². The highest BCUT2D eigenvalue weighted by molar-refractivity contribution is 5.88. The highest BCUT2D eigenvalue weighted by Gasteiger charge is 2.35. The zero-order chi connectivity index (χ0) is 22.5. The predicted octanol–water partition coefficient (Wildman–Crippen LogP) is 0.848. The molecule has 1 atom stereocenters. The lowest BCUT2D eigenvalue weighted by Crippen LogP contribution is -2.57. The molecule has 176 valence electrons. The van der Waals surface area contributed by atoms with Crippen molar-refractivity contribution in [3.8, 4) is 5.75 Å². The van der Waals surface area contributed by atoms with Crippen LogP contribution in [0.3, 0.4) is 0 Å². The monoisotopic (exact) mass is 448 g/mol. The molecule has 9 heteroatoms. The predicted molar refractivity (Wildman–Crippen MR) is 117 cm³/mol. The number of likely N-dealkylation sites (tertiary alicyclic amines) is 1. The third kappa shape index (κ3) is 5.39. The fourth-order valence-electron chi connectivity index (χ4n) is 4.89. The van der Waals surface area contributed by atoms with E-state index in [1.807, 2.05) is 9.80 Å². The van der Waals surface area contributed by atoms with Crippen molar-refractivity contribution in [1.29, 1.82) is 0 Å². The molecule has 8 nitrogen and oxygen atoms in total. The SMILES string of the molecule is COc1ccc(CN2CCNC(=O)[C@@H]2CC(=O)N2CCC(N3CCOCC3)CC2)c(F)c1. The third-order valence-corrected chi connectivity index (χ3v) is 6.82. The Hall–Kier alpha value is -2.23. The first-order valence-corrected chi connectivity index (χ1v) is 11.5. The zero-order valence-corrected chi connectivity index (χ0v) is 18.7. The number of amides is 2. The number of piperazine rings is 1. The molecule has 0 spiro atoms. The van der Waals surface area contributed by atoms with E-state index in [-0.39, 0.29) is 30.6 Å². The van der Waals surface area contributed by atoms with E-state index in [0.717, 1.165) is 39.1 Å². The van der Waals surface area contributed by atoms with Crippen LogP contribution < -0.4 is 10.1 Å². The van der Waals surface area contributed by atoms with Gasteiger partial charge in [0.05, 0.1) is 32.8 Å². The highest BCUT2D eigenvalue weighted by Crippen LogP contribution is 2.22. The van der Waals surface area contributed by atoms with E-state index >= 15 is 0 Å². The van der Waals surface area contributed by atoms with Crippen molar-refractivity contribution in [2.24, 2.45) is 0 Å². The highest BCUT2D eigenvalue weighted by atomic mass is 19.1. The van der Waals surface area contributed by atoms with Crippen molar-refractivity contribution in [3.05, 3.63) is 29.6 Å². The molecule has 1 aromatic carbocycles. The molecule has 3 aliphatic rings. The Bertz CT molecular complexity index is 809. The van der Waals surface area contributed by atoms with Gasteiger partial charge in [0.25, 0.3) is 0 Å². The Labute approximate surface area is 188 Å². The van der Waals surface area contributed by atoms with Crippen LogP contribution in [0.4, 0.5) is 4.39 Å². The van der Waals surface area contributed by atoms with Crippen molar-refractivity contribution in [1.82, 2.24) is 20.0 Å². The van der Waals surface area contributed by atoms with Crippen molar-refractivity contribution in [2.75, 3.05) is 59.6 Å². The number of benzene rings is 1. The van der Waals surface area contributed by atoms with Crippen LogP contribution in [-0.4, -0.2) is 98.2 Å². The summed E-state index contributed by atoms with van der Waals surface area (Å²) in [6.45, 7) is 6.24. The topological polar surface area (TPSA) is 74.4 Å². The second-order valence-corrected chi connectivity index (χ2v) is 8.70. The van der Waals surface area contributed by atoms with Gasteiger partial charge in [-0.1, -0.05) is 6.07 Å². The van der Waals surface area contributed by atoms with Crippen LogP contribution in [0.25, 0.3) is 0 Å². The number of hydrogen-bond acceptors (Lipinski definition) is 6. The van der Waals surface area contributed by atoms with Gasteiger partial charge in [0, 0.05) is 63.5 Å². The Morgan fingerprint density at radius 3 is 2.62 bits per heavy atom. The molecule has 32 heavy (non-hydrogen) atoms. The summed E-state index contributed by atoms with van der Waals surface area (Å²) in [6, 6.07) is 4.64. The lowest BCUT2D eigenvalue weighted by atomic mass is 10.0. The Morgan fingerprint density at radius 2 is 1.94 bits per heavy atom. The normalized spacial score (nSPS) is 23.8. The minimum atomic E-state index is -0.588. The van der Waals surface area contributed by atoms with Gasteiger partial charge < -0.3 is 19.7 Å². The van der Waals surface area contributed by atoms with Crippen LogP contribution in [-0.2, 0) is 20.9 Å². The number of carbonyl (C=O) groups excluding carboxylic acids is 2. The van der Waals surface area contributed by atoms with Gasteiger partial charge in [0.15, 0.2) is 0 Å². The van der Waals surface area contributed by atoms with E-state index in [4.69, 9.17) is 9.47 Å². The number of piperidine rings is 1. The second-order valence-electron chi connectivity index (χ2n) is 8.70. The zero-order valence-electron chi connectivity index (χ0n) is 18.7. The molecular formula is C23H33FN4O4. The molecule has 3 heterocycles. The van der Waals surface area contributed by atoms with Gasteiger partial charge in [-0.05, 0) is 18.9 Å². The number of nitrogens with zero attached hydrogens (tertiary/aromatic N) is 3. The number of halogens is 1. The molecule has 0 aromatic heterocycles. The quantitative estimate of drug-likeness (QED) is 0.696. The maximum atomic E-state index is 14.5. The molecule has 0 saturated carbocycles. The molecule has 0 bridgehead atoms. The summed E-state index contributed by atoms with van der Waals surface area (Å²) in [5, 5.41) is 2.86. The molecular weight excluding hydrogens is 415 g/mol. The van der Waals surface area contributed by atoms with E-state index in [9.17, 15) is 14.0 Å². The van der Waals surface area contributed by atoms with Crippen LogP contribution in [0.15, 0.2) is 18.2 Å². The number of hydrogen-bond donors (Lipinski definition) is 1. The van der Waals surface area contributed by atoms with Gasteiger partial charge >= 0.3 is 0 Å². The molecule has 1 aromatic rings. The molecule has 0 radical (unpaired) electrons. The Balaban J connectivity index is 1.34. The maximum Gasteiger partial charge on any atom is 0.237 e. The van der Waals surface area contributed by atoms with Gasteiger partial charge in [0.2, 0.25) is 11.8 Å². The number of nitrogens with one attached hydrogen (secondary N) is 1. The average Bonchev–Trinajstić information content (AvgIpc) is 2.83. The first-order valence-electron chi connectivity index (χ1n) is 11.5. The van der Waals surface area contributed by atoms with E-state index in [0.29, 0.717) is 43.5 Å². The fraction of sp³-hybridized carbons (Fsp3) is 0.652. The third-order valence-electron chi connectivity index (χ3n) is 6.82. The van der Waals surface area contributed by atoms with E-state index < -0.39 is 6.04 Å². The van der Waals surface area contributed by atoms with E-state index in [1.165, 1.54) is 13.2 Å². The Morgan fingerprint density at radius 1 is 1.19 bits per heavy atom. The molecule has 4 rings (SSSR count). The summed E-state index contributed by atoms with van der Waals surface area (Å²) in [4.78, 5) is 31.9. The molecule has 3 saturated heterocycles. The first-order chi connectivity index (χ1) is 15.5. The smallest absolute Gasteiger partial charge is 0.237 e. The lowest BCUT2D eigenvalue weighted by molar-refractivity contribution is -0.140. The van der Waals surface area contributed by atoms with E-state index in [1.54, 1.807) is 12.1 Å². The molecule has 3 aliphatic heterocycles. The lowest BCUT2D eigenvalue weighted by Gasteiger charge is -2.41. The molecule has 3 fully saturated rings. The largest absolute Gasteiger partial charge is 0.497 e.